The van der Waals surface area contributed by atoms with Gasteiger partial charge in [0, 0.05) is 18.5 Å². The molecule has 1 rings (SSSR count). The minimum Gasteiger partial charge on any atom is -0.299 e. The van der Waals surface area contributed by atoms with Gasteiger partial charge >= 0.3 is 0 Å². The van der Waals surface area contributed by atoms with Crippen molar-refractivity contribution in [2.45, 2.75) is 45.6 Å². The van der Waals surface area contributed by atoms with Crippen LogP contribution in [0.25, 0.3) is 0 Å². The molecule has 1 aliphatic heterocycles. The van der Waals surface area contributed by atoms with Crippen LogP contribution in [0.2, 0.25) is 0 Å². The fourth-order valence-electron chi connectivity index (χ4n) is 2.12. The van der Waals surface area contributed by atoms with Gasteiger partial charge in [-0.05, 0) is 25.3 Å². The molecule has 0 aromatic rings. The van der Waals surface area contributed by atoms with E-state index >= 15 is 0 Å². The molecule has 1 unspecified atom stereocenters. The molecular formula is C11H22ClN. The molecule has 0 aliphatic carbocycles. The van der Waals surface area contributed by atoms with Crippen molar-refractivity contribution in [2.24, 2.45) is 5.92 Å². The van der Waals surface area contributed by atoms with Crippen LogP contribution in [0.4, 0.5) is 0 Å². The van der Waals surface area contributed by atoms with Crippen LogP contribution in [-0.2, 0) is 0 Å². The molecule has 1 saturated heterocycles. The lowest BCUT2D eigenvalue weighted by atomic mass is 10.1. The molecule has 0 aromatic carbocycles. The number of nitrogens with zero attached hydrogens (tertiary/aromatic N) is 1. The van der Waals surface area contributed by atoms with Crippen LogP contribution in [0.15, 0.2) is 0 Å². The van der Waals surface area contributed by atoms with E-state index < -0.39 is 0 Å². The summed E-state index contributed by atoms with van der Waals surface area (Å²) in [5, 5.41) is 0. The summed E-state index contributed by atoms with van der Waals surface area (Å²) in [5.41, 5.74) is 0. The molecule has 1 atom stereocenters. The van der Waals surface area contributed by atoms with Crippen LogP contribution in [0.3, 0.4) is 0 Å². The minimum atomic E-state index is 0.645. The zero-order chi connectivity index (χ0) is 9.68. The van der Waals surface area contributed by atoms with Crippen molar-refractivity contribution in [2.75, 3.05) is 19.0 Å². The van der Waals surface area contributed by atoms with E-state index in [9.17, 15) is 0 Å². The van der Waals surface area contributed by atoms with Gasteiger partial charge in [0.1, 0.15) is 0 Å². The van der Waals surface area contributed by atoms with Gasteiger partial charge < -0.3 is 0 Å². The minimum absolute atomic E-state index is 0.645. The summed E-state index contributed by atoms with van der Waals surface area (Å²) in [4.78, 5) is 2.59. The smallest absolute Gasteiger partial charge is 0.0379 e. The predicted molar refractivity (Wildman–Crippen MR) is 59.4 cm³/mol. The highest BCUT2D eigenvalue weighted by molar-refractivity contribution is 6.18. The average molecular weight is 204 g/mol. The van der Waals surface area contributed by atoms with E-state index in [1.807, 2.05) is 0 Å². The molecule has 1 fully saturated rings. The molecule has 0 radical (unpaired) electrons. The normalized spacial score (nSPS) is 26.3. The first-order valence-electron chi connectivity index (χ1n) is 5.54. The average Bonchev–Trinajstić information content (AvgIpc) is 2.28. The monoisotopic (exact) mass is 203 g/mol. The lowest BCUT2D eigenvalue weighted by Gasteiger charge is -2.29. The molecule has 0 saturated carbocycles. The number of halogens is 1. The van der Waals surface area contributed by atoms with E-state index in [0.717, 1.165) is 11.8 Å². The Bertz CT molecular complexity index is 136. The van der Waals surface area contributed by atoms with Gasteiger partial charge in [-0.1, -0.05) is 26.7 Å². The fraction of sp³-hybridized carbons (Fsp3) is 1.00. The Kier molecular flexibility index (Phi) is 5.12. The van der Waals surface area contributed by atoms with Crippen molar-refractivity contribution < 1.29 is 0 Å². The quantitative estimate of drug-likeness (QED) is 0.638. The molecule has 1 heterocycles. The molecule has 0 N–H and O–H groups in total. The first-order valence-corrected chi connectivity index (χ1v) is 6.07. The Hall–Kier alpha value is 0.250. The lowest BCUT2D eigenvalue weighted by Crippen LogP contribution is -2.38. The zero-order valence-corrected chi connectivity index (χ0v) is 9.69. The number of alkyl halides is 1. The highest BCUT2D eigenvalue weighted by atomic mass is 35.5. The number of rotatable bonds is 3. The van der Waals surface area contributed by atoms with E-state index in [4.69, 9.17) is 11.6 Å². The van der Waals surface area contributed by atoms with Crippen LogP contribution in [0.1, 0.15) is 39.5 Å². The highest BCUT2D eigenvalue weighted by Gasteiger charge is 2.20. The standard InChI is InChI=1S/C11H22ClN/c1-10(2)9-13-7-5-3-4-6-11(13)8-12/h10-11H,3-9H2,1-2H3. The second-order valence-electron chi connectivity index (χ2n) is 4.55. The van der Waals surface area contributed by atoms with Crippen molar-refractivity contribution >= 4 is 11.6 Å². The first kappa shape index (κ1) is 11.3. The van der Waals surface area contributed by atoms with Crippen molar-refractivity contribution in [3.8, 4) is 0 Å². The summed E-state index contributed by atoms with van der Waals surface area (Å²) >= 11 is 5.99. The third-order valence-electron chi connectivity index (χ3n) is 2.78. The summed E-state index contributed by atoms with van der Waals surface area (Å²) in [6, 6.07) is 0.645. The Morgan fingerprint density at radius 3 is 2.69 bits per heavy atom. The van der Waals surface area contributed by atoms with Gasteiger partial charge in [-0.25, -0.2) is 0 Å². The van der Waals surface area contributed by atoms with E-state index in [1.165, 1.54) is 38.8 Å². The highest BCUT2D eigenvalue weighted by Crippen LogP contribution is 2.18. The van der Waals surface area contributed by atoms with Gasteiger partial charge in [0.15, 0.2) is 0 Å². The third kappa shape index (κ3) is 3.86. The van der Waals surface area contributed by atoms with Crippen LogP contribution in [0, 0.1) is 5.92 Å². The van der Waals surface area contributed by atoms with E-state index in [2.05, 4.69) is 18.7 Å². The van der Waals surface area contributed by atoms with Crippen molar-refractivity contribution in [1.29, 1.82) is 0 Å². The van der Waals surface area contributed by atoms with Gasteiger partial charge in [0.25, 0.3) is 0 Å². The topological polar surface area (TPSA) is 3.24 Å². The largest absolute Gasteiger partial charge is 0.299 e. The molecule has 0 spiro atoms. The Morgan fingerprint density at radius 1 is 1.31 bits per heavy atom. The summed E-state index contributed by atoms with van der Waals surface area (Å²) in [5.74, 6) is 1.58. The summed E-state index contributed by atoms with van der Waals surface area (Å²) in [6.07, 6.45) is 5.42. The third-order valence-corrected chi connectivity index (χ3v) is 3.13. The molecule has 13 heavy (non-hydrogen) atoms. The van der Waals surface area contributed by atoms with Crippen molar-refractivity contribution in [3.05, 3.63) is 0 Å². The molecule has 0 bridgehead atoms. The van der Waals surface area contributed by atoms with E-state index in [0.29, 0.717) is 6.04 Å². The molecule has 1 nitrogen and oxygen atoms in total. The molecular weight excluding hydrogens is 182 g/mol. The van der Waals surface area contributed by atoms with E-state index in [1.54, 1.807) is 0 Å². The summed E-state index contributed by atoms with van der Waals surface area (Å²) in [7, 11) is 0. The predicted octanol–water partition coefficient (Wildman–Crippen LogP) is 3.13. The second-order valence-corrected chi connectivity index (χ2v) is 4.85. The Morgan fingerprint density at radius 2 is 2.08 bits per heavy atom. The van der Waals surface area contributed by atoms with Gasteiger partial charge in [-0.3, -0.25) is 4.90 Å². The van der Waals surface area contributed by atoms with Crippen LogP contribution in [-0.4, -0.2) is 29.9 Å². The summed E-state index contributed by atoms with van der Waals surface area (Å²) in [6.45, 7) is 7.05. The molecule has 0 amide bonds. The molecule has 0 aromatic heterocycles. The van der Waals surface area contributed by atoms with Crippen LogP contribution < -0.4 is 0 Å². The molecule has 78 valence electrons. The van der Waals surface area contributed by atoms with Gasteiger partial charge in [-0.2, -0.15) is 0 Å². The SMILES string of the molecule is CC(C)CN1CCCCCC1CCl. The lowest BCUT2D eigenvalue weighted by molar-refractivity contribution is 0.193. The molecule has 1 aliphatic rings. The van der Waals surface area contributed by atoms with Gasteiger partial charge in [-0.15, -0.1) is 11.6 Å². The fourth-order valence-corrected chi connectivity index (χ4v) is 2.47. The number of likely N-dealkylation sites (tertiary alicyclic amines) is 1. The van der Waals surface area contributed by atoms with Gasteiger partial charge in [0.2, 0.25) is 0 Å². The summed E-state index contributed by atoms with van der Waals surface area (Å²) < 4.78 is 0. The zero-order valence-electron chi connectivity index (χ0n) is 8.93. The number of hydrogen-bond donors (Lipinski definition) is 0. The maximum Gasteiger partial charge on any atom is 0.0379 e. The van der Waals surface area contributed by atoms with Crippen molar-refractivity contribution in [3.63, 3.8) is 0 Å². The van der Waals surface area contributed by atoms with E-state index in [-0.39, 0.29) is 0 Å². The van der Waals surface area contributed by atoms with Crippen LogP contribution in [0.5, 0.6) is 0 Å². The second kappa shape index (κ2) is 5.87. The Balaban J connectivity index is 2.44. The van der Waals surface area contributed by atoms with Crippen molar-refractivity contribution in [1.82, 2.24) is 4.90 Å². The van der Waals surface area contributed by atoms with Gasteiger partial charge in [0.05, 0.1) is 0 Å². The maximum absolute atomic E-state index is 5.99. The first-order chi connectivity index (χ1) is 6.24. The molecule has 2 heteroatoms. The Labute approximate surface area is 87.4 Å². The van der Waals surface area contributed by atoms with Crippen LogP contribution >= 0.6 is 11.6 Å². The maximum atomic E-state index is 5.99. The number of hydrogen-bond acceptors (Lipinski definition) is 1.